The molecule has 0 aliphatic carbocycles. The second-order valence-electron chi connectivity index (χ2n) is 7.56. The van der Waals surface area contributed by atoms with Gasteiger partial charge in [-0.2, -0.15) is 0 Å². The standard InChI is InChI=1S/C20H31N3O2/c1-15-7-6-8-16(2)23(15)20(25)17(3)21-11-13-22(14-12-21)18-9-4-5-10-19(18)24/h4-5,9-10,15-17,24H,6-8,11-14H2,1-3H3/t15-,16-,17-/m1/s1. The largest absolute Gasteiger partial charge is 0.506 e. The summed E-state index contributed by atoms with van der Waals surface area (Å²) in [6.07, 6.45) is 3.45. The van der Waals surface area contributed by atoms with Crippen molar-refractivity contribution in [2.24, 2.45) is 0 Å². The summed E-state index contributed by atoms with van der Waals surface area (Å²) in [7, 11) is 0. The van der Waals surface area contributed by atoms with Crippen LogP contribution in [0.15, 0.2) is 24.3 Å². The van der Waals surface area contributed by atoms with Crippen LogP contribution >= 0.6 is 0 Å². The van der Waals surface area contributed by atoms with E-state index in [-0.39, 0.29) is 11.9 Å². The normalized spacial score (nSPS) is 26.5. The number of piperazine rings is 1. The van der Waals surface area contributed by atoms with Gasteiger partial charge in [-0.25, -0.2) is 0 Å². The van der Waals surface area contributed by atoms with Gasteiger partial charge >= 0.3 is 0 Å². The molecular formula is C20H31N3O2. The average Bonchev–Trinajstić information content (AvgIpc) is 2.61. The maximum atomic E-state index is 13.1. The number of rotatable bonds is 3. The van der Waals surface area contributed by atoms with Crippen molar-refractivity contribution < 1.29 is 9.90 Å². The fourth-order valence-electron chi connectivity index (χ4n) is 4.31. The molecule has 0 radical (unpaired) electrons. The maximum absolute atomic E-state index is 13.1. The van der Waals surface area contributed by atoms with Crippen molar-refractivity contribution in [2.45, 2.75) is 58.2 Å². The molecule has 1 aromatic carbocycles. The summed E-state index contributed by atoms with van der Waals surface area (Å²) in [5.41, 5.74) is 0.888. The minimum Gasteiger partial charge on any atom is -0.506 e. The van der Waals surface area contributed by atoms with Gasteiger partial charge in [-0.1, -0.05) is 12.1 Å². The van der Waals surface area contributed by atoms with Crippen molar-refractivity contribution in [3.8, 4) is 5.75 Å². The van der Waals surface area contributed by atoms with Gasteiger partial charge in [0, 0.05) is 38.3 Å². The van der Waals surface area contributed by atoms with Gasteiger partial charge in [0.1, 0.15) is 5.75 Å². The van der Waals surface area contributed by atoms with Crippen LogP contribution in [-0.4, -0.2) is 65.1 Å². The minimum atomic E-state index is -0.0745. The van der Waals surface area contributed by atoms with Crippen molar-refractivity contribution in [1.82, 2.24) is 9.80 Å². The number of amides is 1. The first-order valence-corrected chi connectivity index (χ1v) is 9.58. The highest BCUT2D eigenvalue weighted by Crippen LogP contribution is 2.28. The highest BCUT2D eigenvalue weighted by Gasteiger charge is 2.35. The van der Waals surface area contributed by atoms with E-state index in [2.05, 4.69) is 28.5 Å². The van der Waals surface area contributed by atoms with Gasteiger partial charge in [0.15, 0.2) is 0 Å². The van der Waals surface area contributed by atoms with Gasteiger partial charge < -0.3 is 14.9 Å². The van der Waals surface area contributed by atoms with E-state index in [1.807, 2.05) is 25.1 Å². The number of para-hydroxylation sites is 2. The molecule has 138 valence electrons. The number of anilines is 1. The highest BCUT2D eigenvalue weighted by molar-refractivity contribution is 5.82. The SMILES string of the molecule is C[C@H](C(=O)N1[C@H](C)CCC[C@H]1C)N1CCN(c2ccccc2O)CC1. The van der Waals surface area contributed by atoms with Gasteiger partial charge in [0.25, 0.3) is 0 Å². The number of phenols is 1. The van der Waals surface area contributed by atoms with Crippen LogP contribution in [0.4, 0.5) is 5.69 Å². The summed E-state index contributed by atoms with van der Waals surface area (Å²) in [6.45, 7) is 9.76. The molecule has 3 rings (SSSR count). The Balaban J connectivity index is 1.60. The Bertz CT molecular complexity index is 588. The van der Waals surface area contributed by atoms with E-state index in [0.29, 0.717) is 17.8 Å². The average molecular weight is 345 g/mol. The number of carbonyl (C=O) groups is 1. The summed E-state index contributed by atoms with van der Waals surface area (Å²) in [6, 6.07) is 8.10. The molecule has 0 bridgehead atoms. The van der Waals surface area contributed by atoms with E-state index < -0.39 is 0 Å². The first kappa shape index (κ1) is 18.1. The van der Waals surface area contributed by atoms with Gasteiger partial charge in [-0.15, -0.1) is 0 Å². The second-order valence-corrected chi connectivity index (χ2v) is 7.56. The van der Waals surface area contributed by atoms with Crippen LogP contribution in [0.3, 0.4) is 0 Å². The van der Waals surface area contributed by atoms with Crippen LogP contribution in [0.5, 0.6) is 5.75 Å². The predicted molar refractivity (Wildman–Crippen MR) is 101 cm³/mol. The molecular weight excluding hydrogens is 314 g/mol. The third kappa shape index (κ3) is 3.76. The van der Waals surface area contributed by atoms with E-state index in [1.165, 1.54) is 6.42 Å². The van der Waals surface area contributed by atoms with Crippen LogP contribution in [0.1, 0.15) is 40.0 Å². The molecule has 5 nitrogen and oxygen atoms in total. The molecule has 2 aliphatic heterocycles. The topological polar surface area (TPSA) is 47.0 Å². The number of nitrogens with zero attached hydrogens (tertiary/aromatic N) is 3. The minimum absolute atomic E-state index is 0.0745. The zero-order chi connectivity index (χ0) is 18.0. The first-order chi connectivity index (χ1) is 12.0. The quantitative estimate of drug-likeness (QED) is 0.915. The zero-order valence-corrected chi connectivity index (χ0v) is 15.7. The number of aromatic hydroxyl groups is 1. The lowest BCUT2D eigenvalue weighted by Crippen LogP contribution is -2.58. The third-order valence-corrected chi connectivity index (χ3v) is 5.89. The molecule has 0 unspecified atom stereocenters. The Morgan fingerprint density at radius 2 is 1.68 bits per heavy atom. The van der Waals surface area contributed by atoms with E-state index in [9.17, 15) is 9.90 Å². The number of phenolic OH excluding ortho intramolecular Hbond substituents is 1. The monoisotopic (exact) mass is 345 g/mol. The van der Waals surface area contributed by atoms with Gasteiger partial charge in [0.2, 0.25) is 5.91 Å². The predicted octanol–water partition coefficient (Wildman–Crippen LogP) is 2.69. The Hall–Kier alpha value is -1.75. The molecule has 2 saturated heterocycles. The lowest BCUT2D eigenvalue weighted by molar-refractivity contribution is -0.142. The van der Waals surface area contributed by atoms with Crippen LogP contribution < -0.4 is 4.90 Å². The molecule has 1 aromatic rings. The number of likely N-dealkylation sites (tertiary alicyclic amines) is 1. The molecule has 1 amide bonds. The summed E-state index contributed by atoms with van der Waals surface area (Å²) in [5, 5.41) is 10.0. The van der Waals surface area contributed by atoms with E-state index in [1.54, 1.807) is 6.07 Å². The molecule has 1 N–H and O–H groups in total. The summed E-state index contributed by atoms with van der Waals surface area (Å²) in [4.78, 5) is 19.7. The summed E-state index contributed by atoms with van der Waals surface area (Å²) < 4.78 is 0. The molecule has 0 saturated carbocycles. The number of hydrogen-bond donors (Lipinski definition) is 1. The van der Waals surface area contributed by atoms with Gasteiger partial charge in [0.05, 0.1) is 11.7 Å². The van der Waals surface area contributed by atoms with Crippen LogP contribution in [0.2, 0.25) is 0 Å². The molecule has 2 heterocycles. The van der Waals surface area contributed by atoms with Crippen molar-refractivity contribution in [2.75, 3.05) is 31.1 Å². The van der Waals surface area contributed by atoms with Gasteiger partial charge in [-0.3, -0.25) is 9.69 Å². The van der Waals surface area contributed by atoms with E-state index in [0.717, 1.165) is 44.7 Å². The summed E-state index contributed by atoms with van der Waals surface area (Å²) in [5.74, 6) is 0.603. The fraction of sp³-hybridized carbons (Fsp3) is 0.650. The molecule has 5 heteroatoms. The molecule has 0 aromatic heterocycles. The van der Waals surface area contributed by atoms with E-state index in [4.69, 9.17) is 0 Å². The molecule has 2 aliphatic rings. The molecule has 0 spiro atoms. The Labute approximate surface area is 151 Å². The highest BCUT2D eigenvalue weighted by atomic mass is 16.3. The van der Waals surface area contributed by atoms with Crippen LogP contribution in [0, 0.1) is 0 Å². The maximum Gasteiger partial charge on any atom is 0.240 e. The van der Waals surface area contributed by atoms with Crippen molar-refractivity contribution >= 4 is 11.6 Å². The first-order valence-electron chi connectivity index (χ1n) is 9.58. The van der Waals surface area contributed by atoms with Crippen molar-refractivity contribution in [1.29, 1.82) is 0 Å². The Morgan fingerprint density at radius 3 is 2.28 bits per heavy atom. The second kappa shape index (κ2) is 7.65. The van der Waals surface area contributed by atoms with Crippen LogP contribution in [-0.2, 0) is 4.79 Å². The molecule has 3 atom stereocenters. The number of piperidine rings is 1. The fourth-order valence-corrected chi connectivity index (χ4v) is 4.31. The Kier molecular flexibility index (Phi) is 5.52. The van der Waals surface area contributed by atoms with Crippen LogP contribution in [0.25, 0.3) is 0 Å². The van der Waals surface area contributed by atoms with Crippen molar-refractivity contribution in [3.05, 3.63) is 24.3 Å². The smallest absolute Gasteiger partial charge is 0.240 e. The van der Waals surface area contributed by atoms with E-state index >= 15 is 0 Å². The van der Waals surface area contributed by atoms with Gasteiger partial charge in [-0.05, 0) is 52.2 Å². The zero-order valence-electron chi connectivity index (χ0n) is 15.7. The number of carbonyl (C=O) groups excluding carboxylic acids is 1. The molecule has 2 fully saturated rings. The number of benzene rings is 1. The lowest BCUT2D eigenvalue weighted by atomic mass is 9.96. The number of hydrogen-bond acceptors (Lipinski definition) is 4. The summed E-state index contributed by atoms with van der Waals surface area (Å²) >= 11 is 0. The Morgan fingerprint density at radius 1 is 1.08 bits per heavy atom. The van der Waals surface area contributed by atoms with Crippen molar-refractivity contribution in [3.63, 3.8) is 0 Å². The lowest BCUT2D eigenvalue weighted by Gasteiger charge is -2.44. The molecule has 25 heavy (non-hydrogen) atoms. The third-order valence-electron chi connectivity index (χ3n) is 5.89.